The number of likely N-dealkylation sites (N-methyl/N-ethyl adjacent to an activating group) is 1. The van der Waals surface area contributed by atoms with Crippen molar-refractivity contribution in [2.45, 2.75) is 18.2 Å². The molecular weight excluding hydrogens is 354 g/mol. The van der Waals surface area contributed by atoms with E-state index in [-0.39, 0.29) is 23.1 Å². The Morgan fingerprint density at radius 1 is 1.19 bits per heavy atom. The SMILES string of the molecule is CC(=O)N(C)c1ccccc1NS(=O)(=O)c1ccc2c(c1)CC(=O)N2C. The highest BCUT2D eigenvalue weighted by Crippen LogP contribution is 2.32. The van der Waals surface area contributed by atoms with E-state index < -0.39 is 10.0 Å². The van der Waals surface area contributed by atoms with Gasteiger partial charge in [0.1, 0.15) is 0 Å². The van der Waals surface area contributed by atoms with Crippen molar-refractivity contribution in [3.63, 3.8) is 0 Å². The maximum Gasteiger partial charge on any atom is 0.261 e. The summed E-state index contributed by atoms with van der Waals surface area (Å²) in [4.78, 5) is 26.4. The fraction of sp³-hybridized carbons (Fsp3) is 0.222. The van der Waals surface area contributed by atoms with E-state index in [0.29, 0.717) is 22.6 Å². The third-order valence-corrected chi connectivity index (χ3v) is 5.78. The predicted molar refractivity (Wildman–Crippen MR) is 99.9 cm³/mol. The van der Waals surface area contributed by atoms with Gasteiger partial charge in [0.05, 0.1) is 22.7 Å². The molecule has 2 amide bonds. The molecule has 1 aliphatic rings. The van der Waals surface area contributed by atoms with Gasteiger partial charge in [-0.3, -0.25) is 14.3 Å². The fourth-order valence-electron chi connectivity index (χ4n) is 2.84. The first-order valence-corrected chi connectivity index (χ1v) is 9.44. The highest BCUT2D eigenvalue weighted by Gasteiger charge is 2.26. The third kappa shape index (κ3) is 3.15. The van der Waals surface area contributed by atoms with Gasteiger partial charge in [0, 0.05) is 26.7 Å². The van der Waals surface area contributed by atoms with Crippen LogP contribution in [0.25, 0.3) is 0 Å². The molecule has 0 fully saturated rings. The fourth-order valence-corrected chi connectivity index (χ4v) is 3.96. The van der Waals surface area contributed by atoms with Crippen LogP contribution in [0.2, 0.25) is 0 Å². The molecule has 7 nitrogen and oxygen atoms in total. The lowest BCUT2D eigenvalue weighted by Crippen LogP contribution is -2.25. The molecule has 0 unspecified atom stereocenters. The second-order valence-electron chi connectivity index (χ2n) is 6.12. The number of sulfonamides is 1. The molecule has 0 radical (unpaired) electrons. The largest absolute Gasteiger partial charge is 0.315 e. The molecule has 0 aliphatic carbocycles. The van der Waals surface area contributed by atoms with Gasteiger partial charge in [-0.15, -0.1) is 0 Å². The molecule has 136 valence electrons. The number of carbonyl (C=O) groups is 2. The average Bonchev–Trinajstić information content (AvgIpc) is 2.88. The van der Waals surface area contributed by atoms with Crippen molar-refractivity contribution < 1.29 is 18.0 Å². The molecule has 1 heterocycles. The normalized spacial score (nSPS) is 13.5. The molecule has 0 atom stereocenters. The number of hydrogen-bond acceptors (Lipinski definition) is 4. The minimum atomic E-state index is -3.87. The van der Waals surface area contributed by atoms with Crippen LogP contribution in [0.5, 0.6) is 0 Å². The first-order chi connectivity index (χ1) is 12.2. The van der Waals surface area contributed by atoms with Crippen molar-refractivity contribution in [2.75, 3.05) is 28.6 Å². The lowest BCUT2D eigenvalue weighted by molar-refractivity contribution is -0.117. The standard InChI is InChI=1S/C18H19N3O4S/c1-12(22)20(2)17-7-5-4-6-15(17)19-26(24,25)14-8-9-16-13(10-14)11-18(23)21(16)3/h4-10,19H,11H2,1-3H3. The van der Waals surface area contributed by atoms with Gasteiger partial charge in [0.15, 0.2) is 0 Å². The summed E-state index contributed by atoms with van der Waals surface area (Å²) >= 11 is 0. The Morgan fingerprint density at radius 2 is 1.88 bits per heavy atom. The highest BCUT2D eigenvalue weighted by molar-refractivity contribution is 7.92. The quantitative estimate of drug-likeness (QED) is 0.888. The molecule has 1 N–H and O–H groups in total. The summed E-state index contributed by atoms with van der Waals surface area (Å²) < 4.78 is 28.1. The molecule has 1 aliphatic heterocycles. The Bertz CT molecular complexity index is 1000. The van der Waals surface area contributed by atoms with Gasteiger partial charge >= 0.3 is 0 Å². The van der Waals surface area contributed by atoms with Crippen LogP contribution < -0.4 is 14.5 Å². The van der Waals surface area contributed by atoms with Crippen molar-refractivity contribution in [2.24, 2.45) is 0 Å². The van der Waals surface area contributed by atoms with Gasteiger partial charge in [0.25, 0.3) is 10.0 Å². The molecular formula is C18H19N3O4S. The summed E-state index contributed by atoms with van der Waals surface area (Å²) in [7, 11) is -0.633. The maximum atomic E-state index is 12.8. The van der Waals surface area contributed by atoms with Crippen molar-refractivity contribution in [3.05, 3.63) is 48.0 Å². The van der Waals surface area contributed by atoms with Crippen molar-refractivity contribution >= 4 is 38.9 Å². The van der Waals surface area contributed by atoms with Crippen molar-refractivity contribution in [1.29, 1.82) is 0 Å². The summed E-state index contributed by atoms with van der Waals surface area (Å²) in [5, 5.41) is 0. The van der Waals surface area contributed by atoms with Gasteiger partial charge in [-0.05, 0) is 35.9 Å². The molecule has 8 heteroatoms. The van der Waals surface area contributed by atoms with E-state index in [4.69, 9.17) is 0 Å². The number of anilines is 3. The van der Waals surface area contributed by atoms with Gasteiger partial charge in [0.2, 0.25) is 11.8 Å². The van der Waals surface area contributed by atoms with E-state index in [1.807, 2.05) is 0 Å². The van der Waals surface area contributed by atoms with Crippen LogP contribution in [-0.4, -0.2) is 34.3 Å². The molecule has 2 aromatic rings. The second kappa shape index (κ2) is 6.45. The predicted octanol–water partition coefficient (Wildman–Crippen LogP) is 1.99. The van der Waals surface area contributed by atoms with Crippen molar-refractivity contribution in [1.82, 2.24) is 0 Å². The molecule has 3 rings (SSSR count). The van der Waals surface area contributed by atoms with Crippen LogP contribution in [-0.2, 0) is 26.0 Å². The zero-order valence-electron chi connectivity index (χ0n) is 14.7. The first kappa shape index (κ1) is 17.9. The Kier molecular flexibility index (Phi) is 4.45. The summed E-state index contributed by atoms with van der Waals surface area (Å²) in [5.74, 6) is -0.285. The maximum absolute atomic E-state index is 12.8. The zero-order chi connectivity index (χ0) is 19.1. The second-order valence-corrected chi connectivity index (χ2v) is 7.80. The van der Waals surface area contributed by atoms with Crippen LogP contribution in [0.4, 0.5) is 17.1 Å². The van der Waals surface area contributed by atoms with Crippen molar-refractivity contribution in [3.8, 4) is 0 Å². The lowest BCUT2D eigenvalue weighted by atomic mass is 10.2. The number of amides is 2. The molecule has 0 spiro atoms. The molecule has 0 saturated heterocycles. The monoisotopic (exact) mass is 373 g/mol. The minimum absolute atomic E-state index is 0.0691. The highest BCUT2D eigenvalue weighted by atomic mass is 32.2. The Balaban J connectivity index is 1.96. The number of carbonyl (C=O) groups excluding carboxylic acids is 2. The minimum Gasteiger partial charge on any atom is -0.315 e. The van der Waals surface area contributed by atoms with Gasteiger partial charge in [-0.2, -0.15) is 0 Å². The number of fused-ring (bicyclic) bond motifs is 1. The van der Waals surface area contributed by atoms with Crippen LogP contribution >= 0.6 is 0 Å². The van der Waals surface area contributed by atoms with Gasteiger partial charge < -0.3 is 9.80 Å². The number of nitrogens with zero attached hydrogens (tertiary/aromatic N) is 2. The molecule has 0 saturated carbocycles. The summed E-state index contributed by atoms with van der Waals surface area (Å²) in [6.45, 7) is 1.40. The van der Waals surface area contributed by atoms with Gasteiger partial charge in [-0.25, -0.2) is 8.42 Å². The summed E-state index contributed by atoms with van der Waals surface area (Å²) in [6.07, 6.45) is 0.179. The van der Waals surface area contributed by atoms with Crippen LogP contribution in [0.15, 0.2) is 47.4 Å². The smallest absolute Gasteiger partial charge is 0.261 e. The van der Waals surface area contributed by atoms with E-state index in [1.54, 1.807) is 44.4 Å². The van der Waals surface area contributed by atoms with Crippen LogP contribution in [0.1, 0.15) is 12.5 Å². The van der Waals surface area contributed by atoms with Crippen LogP contribution in [0.3, 0.4) is 0 Å². The number of benzene rings is 2. The zero-order valence-corrected chi connectivity index (χ0v) is 15.5. The number of para-hydroxylation sites is 2. The van der Waals surface area contributed by atoms with E-state index in [9.17, 15) is 18.0 Å². The Labute approximate surface area is 152 Å². The molecule has 0 bridgehead atoms. The summed E-state index contributed by atoms with van der Waals surface area (Å²) in [5.41, 5.74) is 2.15. The number of rotatable bonds is 4. The molecule has 2 aromatic carbocycles. The third-order valence-electron chi connectivity index (χ3n) is 4.42. The lowest BCUT2D eigenvalue weighted by Gasteiger charge is -2.20. The topological polar surface area (TPSA) is 86.8 Å². The Hall–Kier alpha value is -2.87. The Morgan fingerprint density at radius 3 is 2.58 bits per heavy atom. The first-order valence-electron chi connectivity index (χ1n) is 7.96. The van der Waals surface area contributed by atoms with E-state index >= 15 is 0 Å². The summed E-state index contributed by atoms with van der Waals surface area (Å²) in [6, 6.07) is 11.3. The molecule has 26 heavy (non-hydrogen) atoms. The van der Waals surface area contributed by atoms with E-state index in [1.165, 1.54) is 28.9 Å². The van der Waals surface area contributed by atoms with E-state index in [2.05, 4.69) is 4.72 Å². The van der Waals surface area contributed by atoms with Gasteiger partial charge in [-0.1, -0.05) is 12.1 Å². The molecule has 0 aromatic heterocycles. The number of hydrogen-bond donors (Lipinski definition) is 1. The van der Waals surface area contributed by atoms with Crippen LogP contribution in [0, 0.1) is 0 Å². The number of nitrogens with one attached hydrogen (secondary N) is 1. The van der Waals surface area contributed by atoms with E-state index in [0.717, 1.165) is 0 Å². The average molecular weight is 373 g/mol.